The number of carbonyl (C=O) groups excluding carboxylic acids is 1. The Morgan fingerprint density at radius 1 is 1.47 bits per heavy atom. The van der Waals surface area contributed by atoms with Crippen molar-refractivity contribution in [2.75, 3.05) is 27.2 Å². The van der Waals surface area contributed by atoms with Crippen LogP contribution in [0.15, 0.2) is 0 Å². The van der Waals surface area contributed by atoms with Crippen molar-refractivity contribution in [3.8, 4) is 0 Å². The number of nitrogens with one attached hydrogen (secondary N) is 1. The van der Waals surface area contributed by atoms with Gasteiger partial charge in [-0.2, -0.15) is 0 Å². The molecule has 1 heterocycles. The average Bonchev–Trinajstić information content (AvgIpc) is 2.42. The average molecular weight is 270 g/mol. The first-order valence-electron chi connectivity index (χ1n) is 7.46. The number of piperidine rings is 1. The fraction of sp³-hybridized carbons (Fsp3) is 0.933. The summed E-state index contributed by atoms with van der Waals surface area (Å²) in [5.74, 6) is 0.611. The molecule has 0 radical (unpaired) electrons. The van der Waals surface area contributed by atoms with Crippen LogP contribution in [0.1, 0.15) is 46.5 Å². The van der Waals surface area contributed by atoms with E-state index in [4.69, 9.17) is 4.74 Å². The second-order valence-corrected chi connectivity index (χ2v) is 6.07. The molecule has 1 aliphatic rings. The van der Waals surface area contributed by atoms with E-state index in [9.17, 15) is 4.79 Å². The summed E-state index contributed by atoms with van der Waals surface area (Å²) in [4.78, 5) is 14.3. The van der Waals surface area contributed by atoms with E-state index in [0.717, 1.165) is 25.3 Å². The summed E-state index contributed by atoms with van der Waals surface area (Å²) >= 11 is 0. The van der Waals surface area contributed by atoms with Crippen LogP contribution in [0.3, 0.4) is 0 Å². The topological polar surface area (TPSA) is 41.6 Å². The third-order valence-corrected chi connectivity index (χ3v) is 4.81. The first kappa shape index (κ1) is 16.4. The number of ether oxygens (including phenoxy) is 1. The molecule has 0 amide bonds. The van der Waals surface area contributed by atoms with Gasteiger partial charge in [-0.05, 0) is 65.6 Å². The molecule has 4 heteroatoms. The Hall–Kier alpha value is -0.610. The monoisotopic (exact) mass is 270 g/mol. The number of carbonyl (C=O) groups is 1. The van der Waals surface area contributed by atoms with Gasteiger partial charge in [0.25, 0.3) is 0 Å². The van der Waals surface area contributed by atoms with Gasteiger partial charge in [0.15, 0.2) is 0 Å². The Bertz CT molecular complexity index is 296. The van der Waals surface area contributed by atoms with Gasteiger partial charge in [0.1, 0.15) is 5.54 Å². The highest BCUT2D eigenvalue weighted by atomic mass is 16.5. The first-order valence-corrected chi connectivity index (χ1v) is 7.46. The number of nitrogens with zero attached hydrogens (tertiary/aromatic N) is 1. The minimum absolute atomic E-state index is 0.171. The van der Waals surface area contributed by atoms with E-state index in [1.807, 2.05) is 14.0 Å². The largest absolute Gasteiger partial charge is 0.468 e. The molecule has 0 aliphatic carbocycles. The molecule has 1 fully saturated rings. The van der Waals surface area contributed by atoms with Crippen molar-refractivity contribution in [2.24, 2.45) is 5.92 Å². The van der Waals surface area contributed by atoms with E-state index in [1.165, 1.54) is 26.5 Å². The van der Waals surface area contributed by atoms with Gasteiger partial charge >= 0.3 is 5.97 Å². The Balaban J connectivity index is 2.42. The van der Waals surface area contributed by atoms with Gasteiger partial charge in [-0.15, -0.1) is 0 Å². The number of hydrogen-bond donors (Lipinski definition) is 1. The molecule has 0 spiro atoms. The molecule has 19 heavy (non-hydrogen) atoms. The summed E-state index contributed by atoms with van der Waals surface area (Å²) in [5.41, 5.74) is -0.556. The Morgan fingerprint density at radius 2 is 2.16 bits per heavy atom. The lowest BCUT2D eigenvalue weighted by Gasteiger charge is -2.38. The molecule has 3 unspecified atom stereocenters. The van der Waals surface area contributed by atoms with E-state index >= 15 is 0 Å². The van der Waals surface area contributed by atoms with Crippen LogP contribution in [0.5, 0.6) is 0 Å². The van der Waals surface area contributed by atoms with E-state index in [-0.39, 0.29) is 5.97 Å². The van der Waals surface area contributed by atoms with Crippen molar-refractivity contribution < 1.29 is 9.53 Å². The number of likely N-dealkylation sites (N-methyl/N-ethyl adjacent to an activating group) is 1. The van der Waals surface area contributed by atoms with Gasteiger partial charge in [0.2, 0.25) is 0 Å². The standard InChI is InChI=1S/C15H30N2O2/c1-12-8-6-10-17(13(12)2)11-7-9-15(3,16-4)14(18)19-5/h12-13,16H,6-11H2,1-5H3. The predicted molar refractivity (Wildman–Crippen MR) is 78.1 cm³/mol. The second-order valence-electron chi connectivity index (χ2n) is 6.07. The van der Waals surface area contributed by atoms with Crippen molar-refractivity contribution in [3.63, 3.8) is 0 Å². The SMILES string of the molecule is CNC(C)(CCCN1CCCC(C)C1C)C(=O)OC. The van der Waals surface area contributed by atoms with Crippen LogP contribution >= 0.6 is 0 Å². The molecule has 0 aromatic carbocycles. The van der Waals surface area contributed by atoms with Crippen LogP contribution in [0, 0.1) is 5.92 Å². The van der Waals surface area contributed by atoms with Crippen LogP contribution in [0.2, 0.25) is 0 Å². The van der Waals surface area contributed by atoms with E-state index in [2.05, 4.69) is 24.1 Å². The fourth-order valence-electron chi connectivity index (χ4n) is 2.93. The number of likely N-dealkylation sites (tertiary alicyclic amines) is 1. The maximum atomic E-state index is 11.8. The minimum atomic E-state index is -0.556. The predicted octanol–water partition coefficient (Wildman–Crippen LogP) is 2.04. The number of rotatable bonds is 6. The molecule has 1 N–H and O–H groups in total. The van der Waals surface area contributed by atoms with Gasteiger partial charge in [0, 0.05) is 6.04 Å². The molecule has 112 valence electrons. The lowest BCUT2D eigenvalue weighted by atomic mass is 9.91. The molecule has 1 aliphatic heterocycles. The molecule has 4 nitrogen and oxygen atoms in total. The van der Waals surface area contributed by atoms with Crippen molar-refractivity contribution in [3.05, 3.63) is 0 Å². The third-order valence-electron chi connectivity index (χ3n) is 4.81. The van der Waals surface area contributed by atoms with Gasteiger partial charge in [-0.25, -0.2) is 0 Å². The molecule has 0 bridgehead atoms. The highest BCUT2D eigenvalue weighted by Crippen LogP contribution is 2.24. The van der Waals surface area contributed by atoms with Gasteiger partial charge < -0.3 is 15.0 Å². The second kappa shape index (κ2) is 7.25. The number of methoxy groups -OCH3 is 1. The maximum Gasteiger partial charge on any atom is 0.325 e. The summed E-state index contributed by atoms with van der Waals surface area (Å²) in [7, 11) is 3.27. The molecule has 0 saturated carbocycles. The molecule has 0 aromatic rings. The molecule has 1 saturated heterocycles. The minimum Gasteiger partial charge on any atom is -0.468 e. The fourth-order valence-corrected chi connectivity index (χ4v) is 2.93. The molecular formula is C15H30N2O2. The van der Waals surface area contributed by atoms with Crippen LogP contribution in [0.4, 0.5) is 0 Å². The first-order chi connectivity index (χ1) is 8.94. The zero-order chi connectivity index (χ0) is 14.5. The molecule has 3 atom stereocenters. The lowest BCUT2D eigenvalue weighted by molar-refractivity contribution is -0.148. The summed E-state index contributed by atoms with van der Waals surface area (Å²) in [6, 6.07) is 0.660. The van der Waals surface area contributed by atoms with Crippen LogP contribution in [-0.2, 0) is 9.53 Å². The highest BCUT2D eigenvalue weighted by Gasteiger charge is 2.32. The quantitative estimate of drug-likeness (QED) is 0.750. The Kier molecular flexibility index (Phi) is 6.27. The van der Waals surface area contributed by atoms with Crippen LogP contribution in [-0.4, -0.2) is 49.7 Å². The van der Waals surface area contributed by atoms with Crippen LogP contribution in [0.25, 0.3) is 0 Å². The zero-order valence-electron chi connectivity index (χ0n) is 13.2. The molecule has 1 rings (SSSR count). The summed E-state index contributed by atoms with van der Waals surface area (Å²) < 4.78 is 4.87. The van der Waals surface area contributed by atoms with Crippen LogP contribution < -0.4 is 5.32 Å². The number of esters is 1. The van der Waals surface area contributed by atoms with E-state index in [0.29, 0.717) is 6.04 Å². The normalized spacial score (nSPS) is 27.8. The van der Waals surface area contributed by atoms with Crippen molar-refractivity contribution in [2.45, 2.75) is 58.0 Å². The Morgan fingerprint density at radius 3 is 2.74 bits per heavy atom. The van der Waals surface area contributed by atoms with E-state index in [1.54, 1.807) is 0 Å². The van der Waals surface area contributed by atoms with Gasteiger partial charge in [-0.3, -0.25) is 4.79 Å². The maximum absolute atomic E-state index is 11.8. The highest BCUT2D eigenvalue weighted by molar-refractivity contribution is 5.80. The smallest absolute Gasteiger partial charge is 0.325 e. The molecule has 0 aromatic heterocycles. The number of hydrogen-bond acceptors (Lipinski definition) is 4. The van der Waals surface area contributed by atoms with Crippen molar-refractivity contribution in [1.29, 1.82) is 0 Å². The Labute approximate surface area is 117 Å². The lowest BCUT2D eigenvalue weighted by Crippen LogP contribution is -2.49. The summed E-state index contributed by atoms with van der Waals surface area (Å²) in [6.45, 7) is 8.84. The van der Waals surface area contributed by atoms with Gasteiger partial charge in [-0.1, -0.05) is 6.92 Å². The molecular weight excluding hydrogens is 240 g/mol. The third kappa shape index (κ3) is 4.18. The van der Waals surface area contributed by atoms with E-state index < -0.39 is 5.54 Å². The van der Waals surface area contributed by atoms with Gasteiger partial charge in [0.05, 0.1) is 7.11 Å². The zero-order valence-corrected chi connectivity index (χ0v) is 13.2. The van der Waals surface area contributed by atoms with Crippen molar-refractivity contribution >= 4 is 5.97 Å². The summed E-state index contributed by atoms with van der Waals surface area (Å²) in [6.07, 6.45) is 4.47. The summed E-state index contributed by atoms with van der Waals surface area (Å²) in [5, 5.41) is 3.09. The van der Waals surface area contributed by atoms with Crippen molar-refractivity contribution in [1.82, 2.24) is 10.2 Å².